The lowest BCUT2D eigenvalue weighted by atomic mass is 10.2. The molecule has 0 amide bonds. The van der Waals surface area contributed by atoms with Crippen molar-refractivity contribution in [2.45, 2.75) is 24.2 Å². The van der Waals surface area contributed by atoms with Crippen LogP contribution in [0.2, 0.25) is 0 Å². The van der Waals surface area contributed by atoms with Crippen molar-refractivity contribution >= 4 is 27.5 Å². The summed E-state index contributed by atoms with van der Waals surface area (Å²) in [6.07, 6.45) is 0.806. The molecule has 1 aromatic rings. The highest BCUT2D eigenvalue weighted by Gasteiger charge is 2.02. The molecule has 0 aliphatic carbocycles. The van der Waals surface area contributed by atoms with Gasteiger partial charge < -0.3 is 4.74 Å². The van der Waals surface area contributed by atoms with E-state index in [1.165, 1.54) is 5.56 Å². The van der Waals surface area contributed by atoms with Crippen LogP contribution in [-0.2, 0) is 5.33 Å². The van der Waals surface area contributed by atoms with Crippen LogP contribution in [0.5, 0.6) is 5.75 Å². The Bertz CT molecular complexity index is 265. The van der Waals surface area contributed by atoms with Crippen LogP contribution in [-0.4, -0.2) is 5.56 Å². The molecule has 0 saturated heterocycles. The van der Waals surface area contributed by atoms with Gasteiger partial charge in [-0.15, -0.1) is 0 Å². The van der Waals surface area contributed by atoms with E-state index < -0.39 is 0 Å². The Morgan fingerprint density at radius 3 is 2.92 bits per heavy atom. The maximum atomic E-state index is 5.86. The molecule has 0 aromatic heterocycles. The standard InChI is InChI=1S/C10H12BrClO/c1-2-10(12)13-9-5-3-4-8(6-9)7-11/h3-6,10H,2,7H2,1H3. The van der Waals surface area contributed by atoms with Crippen molar-refractivity contribution in [3.8, 4) is 5.75 Å². The van der Waals surface area contributed by atoms with E-state index in [0.717, 1.165) is 17.5 Å². The van der Waals surface area contributed by atoms with Crippen molar-refractivity contribution in [1.82, 2.24) is 0 Å². The molecule has 0 spiro atoms. The fraction of sp³-hybridized carbons (Fsp3) is 0.400. The van der Waals surface area contributed by atoms with E-state index in [0.29, 0.717) is 0 Å². The maximum absolute atomic E-state index is 5.86. The van der Waals surface area contributed by atoms with Crippen molar-refractivity contribution < 1.29 is 4.74 Å². The van der Waals surface area contributed by atoms with Gasteiger partial charge in [0.1, 0.15) is 5.75 Å². The Morgan fingerprint density at radius 1 is 1.54 bits per heavy atom. The summed E-state index contributed by atoms with van der Waals surface area (Å²) in [5.74, 6) is 0.832. The summed E-state index contributed by atoms with van der Waals surface area (Å²) in [6.45, 7) is 1.99. The van der Waals surface area contributed by atoms with Crippen LogP contribution in [0.15, 0.2) is 24.3 Å². The average Bonchev–Trinajstić information content (AvgIpc) is 2.18. The molecule has 1 aromatic carbocycles. The summed E-state index contributed by atoms with van der Waals surface area (Å²) in [6, 6.07) is 7.90. The molecule has 0 radical (unpaired) electrons. The molecule has 0 saturated carbocycles. The average molecular weight is 264 g/mol. The number of halogens is 2. The third-order valence-corrected chi connectivity index (χ3v) is 2.68. The number of hydrogen-bond acceptors (Lipinski definition) is 1. The monoisotopic (exact) mass is 262 g/mol. The smallest absolute Gasteiger partial charge is 0.171 e. The fourth-order valence-corrected chi connectivity index (χ4v) is 1.38. The Kier molecular flexibility index (Phi) is 4.60. The van der Waals surface area contributed by atoms with E-state index >= 15 is 0 Å². The molecule has 3 heteroatoms. The second kappa shape index (κ2) is 5.51. The Hall–Kier alpha value is -0.210. The molecular formula is C10H12BrClO. The highest BCUT2D eigenvalue weighted by atomic mass is 79.9. The molecule has 1 rings (SSSR count). The number of ether oxygens (including phenoxy) is 1. The highest BCUT2D eigenvalue weighted by Crippen LogP contribution is 2.18. The van der Waals surface area contributed by atoms with Gasteiger partial charge in [-0.25, -0.2) is 0 Å². The topological polar surface area (TPSA) is 9.23 Å². The second-order valence-corrected chi connectivity index (χ2v) is 3.76. The third-order valence-electron chi connectivity index (χ3n) is 1.64. The zero-order valence-corrected chi connectivity index (χ0v) is 9.81. The molecule has 0 bridgehead atoms. The fourth-order valence-electron chi connectivity index (χ4n) is 0.933. The van der Waals surface area contributed by atoms with Gasteiger partial charge in [-0.3, -0.25) is 0 Å². The number of hydrogen-bond donors (Lipinski definition) is 0. The predicted octanol–water partition coefficient (Wildman–Crippen LogP) is 3.94. The minimum Gasteiger partial charge on any atom is -0.475 e. The van der Waals surface area contributed by atoms with Gasteiger partial charge >= 0.3 is 0 Å². The molecule has 0 fully saturated rings. The molecular weight excluding hydrogens is 251 g/mol. The van der Waals surface area contributed by atoms with Gasteiger partial charge in [0.05, 0.1) is 0 Å². The van der Waals surface area contributed by atoms with Gasteiger partial charge in [0.25, 0.3) is 0 Å². The summed E-state index contributed by atoms with van der Waals surface area (Å²) in [7, 11) is 0. The summed E-state index contributed by atoms with van der Waals surface area (Å²) in [5, 5.41) is 0.837. The Labute approximate surface area is 92.2 Å². The SMILES string of the molecule is CCC(Cl)Oc1cccc(CBr)c1. The molecule has 0 aliphatic rings. The zero-order valence-electron chi connectivity index (χ0n) is 7.47. The van der Waals surface area contributed by atoms with E-state index in [4.69, 9.17) is 16.3 Å². The molecule has 13 heavy (non-hydrogen) atoms. The number of benzene rings is 1. The quantitative estimate of drug-likeness (QED) is 0.748. The van der Waals surface area contributed by atoms with Crippen LogP contribution in [0.25, 0.3) is 0 Å². The predicted molar refractivity (Wildman–Crippen MR) is 59.6 cm³/mol. The Balaban J connectivity index is 2.66. The molecule has 1 atom stereocenters. The summed E-state index contributed by atoms with van der Waals surface area (Å²) in [4.78, 5) is 0. The van der Waals surface area contributed by atoms with Crippen molar-refractivity contribution in [1.29, 1.82) is 0 Å². The van der Waals surface area contributed by atoms with Crippen LogP contribution >= 0.6 is 27.5 Å². The second-order valence-electron chi connectivity index (χ2n) is 2.72. The first-order valence-corrected chi connectivity index (χ1v) is 5.77. The largest absolute Gasteiger partial charge is 0.475 e. The van der Waals surface area contributed by atoms with Gasteiger partial charge in [0.2, 0.25) is 0 Å². The lowest BCUT2D eigenvalue weighted by Gasteiger charge is -2.10. The van der Waals surface area contributed by atoms with Gasteiger partial charge in [-0.05, 0) is 24.1 Å². The van der Waals surface area contributed by atoms with E-state index in [-0.39, 0.29) is 5.56 Å². The van der Waals surface area contributed by atoms with Crippen LogP contribution in [0.3, 0.4) is 0 Å². The first-order valence-electron chi connectivity index (χ1n) is 4.22. The van der Waals surface area contributed by atoms with Crippen molar-refractivity contribution in [2.24, 2.45) is 0 Å². The maximum Gasteiger partial charge on any atom is 0.171 e. The lowest BCUT2D eigenvalue weighted by molar-refractivity contribution is 0.277. The first-order chi connectivity index (χ1) is 6.26. The van der Waals surface area contributed by atoms with Crippen molar-refractivity contribution in [3.63, 3.8) is 0 Å². The van der Waals surface area contributed by atoms with Gasteiger partial charge in [-0.1, -0.05) is 46.6 Å². The molecule has 1 unspecified atom stereocenters. The van der Waals surface area contributed by atoms with Gasteiger partial charge in [-0.2, -0.15) is 0 Å². The normalized spacial score (nSPS) is 12.5. The van der Waals surface area contributed by atoms with Crippen LogP contribution in [0.4, 0.5) is 0 Å². The number of alkyl halides is 2. The van der Waals surface area contributed by atoms with Crippen LogP contribution in [0, 0.1) is 0 Å². The van der Waals surface area contributed by atoms with Crippen molar-refractivity contribution in [3.05, 3.63) is 29.8 Å². The zero-order chi connectivity index (χ0) is 9.68. The highest BCUT2D eigenvalue weighted by molar-refractivity contribution is 9.08. The van der Waals surface area contributed by atoms with Crippen molar-refractivity contribution in [2.75, 3.05) is 0 Å². The molecule has 1 nitrogen and oxygen atoms in total. The van der Waals surface area contributed by atoms with E-state index in [1.54, 1.807) is 0 Å². The Morgan fingerprint density at radius 2 is 2.31 bits per heavy atom. The number of rotatable bonds is 4. The summed E-state index contributed by atoms with van der Waals surface area (Å²) >= 11 is 9.25. The first kappa shape index (κ1) is 10.9. The van der Waals surface area contributed by atoms with Gasteiger partial charge in [0, 0.05) is 5.33 Å². The van der Waals surface area contributed by atoms with Crippen LogP contribution in [0.1, 0.15) is 18.9 Å². The summed E-state index contributed by atoms with van der Waals surface area (Å²) < 4.78 is 5.45. The molecule has 0 aliphatic heterocycles. The van der Waals surface area contributed by atoms with E-state index in [2.05, 4.69) is 15.9 Å². The third kappa shape index (κ3) is 3.57. The van der Waals surface area contributed by atoms with E-state index in [9.17, 15) is 0 Å². The minimum absolute atomic E-state index is 0.231. The van der Waals surface area contributed by atoms with Crippen LogP contribution < -0.4 is 4.74 Å². The van der Waals surface area contributed by atoms with Gasteiger partial charge in [0.15, 0.2) is 5.56 Å². The lowest BCUT2D eigenvalue weighted by Crippen LogP contribution is -2.06. The molecule has 0 heterocycles. The minimum atomic E-state index is -0.231. The molecule has 72 valence electrons. The van der Waals surface area contributed by atoms with E-state index in [1.807, 2.05) is 31.2 Å². The summed E-state index contributed by atoms with van der Waals surface area (Å²) in [5.41, 5.74) is 0.961. The molecule has 0 N–H and O–H groups in total.